The number of methoxy groups -OCH3 is 1. The predicted octanol–water partition coefficient (Wildman–Crippen LogP) is 0.991. The second-order valence-electron chi connectivity index (χ2n) is 7.70. The van der Waals surface area contributed by atoms with Crippen LogP contribution in [0.25, 0.3) is 0 Å². The van der Waals surface area contributed by atoms with E-state index in [1.807, 2.05) is 30.3 Å². The molecule has 2 saturated heterocycles. The molecule has 156 valence electrons. The number of ether oxygens (including phenoxy) is 2. The van der Waals surface area contributed by atoms with Crippen LogP contribution in [0.3, 0.4) is 0 Å². The highest BCUT2D eigenvalue weighted by atomic mass is 16.5. The summed E-state index contributed by atoms with van der Waals surface area (Å²) < 4.78 is 10.4. The first-order valence-electron chi connectivity index (χ1n) is 10.0. The molecule has 2 N–H and O–H groups in total. The van der Waals surface area contributed by atoms with Crippen LogP contribution >= 0.6 is 0 Å². The molecule has 0 unspecified atom stereocenters. The van der Waals surface area contributed by atoms with Gasteiger partial charge in [0, 0.05) is 38.3 Å². The summed E-state index contributed by atoms with van der Waals surface area (Å²) in [5, 5.41) is 18.5. The first-order valence-corrected chi connectivity index (χ1v) is 10.0. The lowest BCUT2D eigenvalue weighted by Gasteiger charge is -2.50. The molecule has 2 aliphatic heterocycles. The number of benzene rings is 1. The highest BCUT2D eigenvalue weighted by Gasteiger charge is 2.46. The van der Waals surface area contributed by atoms with Gasteiger partial charge in [0.1, 0.15) is 11.3 Å². The largest absolute Gasteiger partial charge is 0.464 e. The molecule has 2 aromatic rings. The van der Waals surface area contributed by atoms with Crippen LogP contribution < -0.4 is 0 Å². The van der Waals surface area contributed by atoms with Crippen molar-refractivity contribution < 1.29 is 19.4 Å². The zero-order valence-corrected chi connectivity index (χ0v) is 16.7. The number of carbonyl (C=O) groups is 1. The number of likely N-dealkylation sites (tertiary alicyclic amines) is 1. The van der Waals surface area contributed by atoms with Crippen molar-refractivity contribution in [3.63, 3.8) is 0 Å². The molecule has 1 aromatic heterocycles. The Balaban J connectivity index is 1.57. The van der Waals surface area contributed by atoms with Crippen molar-refractivity contribution in [1.29, 1.82) is 0 Å². The Bertz CT molecular complexity index is 821. The molecular weight excluding hydrogens is 372 g/mol. The summed E-state index contributed by atoms with van der Waals surface area (Å²) in [7, 11) is 1.36. The van der Waals surface area contributed by atoms with Gasteiger partial charge in [-0.2, -0.15) is 5.10 Å². The lowest BCUT2D eigenvalue weighted by Crippen LogP contribution is -2.62. The number of piperidine rings is 1. The number of hydrogen-bond acceptors (Lipinski definition) is 7. The molecule has 4 rings (SSSR count). The Morgan fingerprint density at radius 2 is 2.07 bits per heavy atom. The highest BCUT2D eigenvalue weighted by molar-refractivity contribution is 5.88. The first-order chi connectivity index (χ1) is 14.1. The Labute approximate surface area is 170 Å². The van der Waals surface area contributed by atoms with Gasteiger partial charge in [0.25, 0.3) is 0 Å². The average molecular weight is 400 g/mol. The summed E-state index contributed by atoms with van der Waals surface area (Å²) in [6, 6.07) is 9.88. The molecule has 0 radical (unpaired) electrons. The maximum atomic E-state index is 12.0. The Morgan fingerprint density at radius 3 is 2.79 bits per heavy atom. The zero-order valence-electron chi connectivity index (χ0n) is 16.7. The number of morpholine rings is 1. The fraction of sp³-hybridized carbons (Fsp3) is 0.524. The van der Waals surface area contributed by atoms with E-state index in [2.05, 4.69) is 20.0 Å². The van der Waals surface area contributed by atoms with Gasteiger partial charge >= 0.3 is 5.97 Å². The fourth-order valence-electron chi connectivity index (χ4n) is 4.45. The number of H-pyrrole nitrogens is 1. The van der Waals surface area contributed by atoms with E-state index in [1.54, 1.807) is 6.20 Å². The van der Waals surface area contributed by atoms with Crippen LogP contribution in [0.5, 0.6) is 0 Å². The summed E-state index contributed by atoms with van der Waals surface area (Å²) in [6.07, 6.45) is 2.29. The molecule has 0 aliphatic carbocycles. The van der Waals surface area contributed by atoms with Crippen LogP contribution in [0.15, 0.2) is 36.5 Å². The van der Waals surface area contributed by atoms with E-state index in [-0.39, 0.29) is 6.04 Å². The molecule has 2 atom stereocenters. The van der Waals surface area contributed by atoms with E-state index in [0.29, 0.717) is 38.4 Å². The third-order valence-electron chi connectivity index (χ3n) is 6.05. The van der Waals surface area contributed by atoms with Gasteiger partial charge in [-0.3, -0.25) is 14.9 Å². The zero-order chi connectivity index (χ0) is 20.3. The maximum Gasteiger partial charge on any atom is 0.356 e. The summed E-state index contributed by atoms with van der Waals surface area (Å²) in [4.78, 5) is 16.6. The lowest BCUT2D eigenvalue weighted by atomic mass is 9.79. The minimum Gasteiger partial charge on any atom is -0.464 e. The molecule has 8 nitrogen and oxygen atoms in total. The van der Waals surface area contributed by atoms with Crippen molar-refractivity contribution in [3.8, 4) is 0 Å². The molecule has 3 heterocycles. The molecular formula is C21H28N4O4. The summed E-state index contributed by atoms with van der Waals surface area (Å²) >= 11 is 0. The molecule has 29 heavy (non-hydrogen) atoms. The highest BCUT2D eigenvalue weighted by Crippen LogP contribution is 2.36. The summed E-state index contributed by atoms with van der Waals surface area (Å²) in [5.41, 5.74) is 1.23. The van der Waals surface area contributed by atoms with E-state index in [0.717, 1.165) is 30.8 Å². The van der Waals surface area contributed by atoms with Gasteiger partial charge in [-0.15, -0.1) is 0 Å². The fourth-order valence-corrected chi connectivity index (χ4v) is 4.45. The van der Waals surface area contributed by atoms with Gasteiger partial charge in [-0.05, 0) is 12.0 Å². The molecule has 0 bridgehead atoms. The number of hydrogen-bond donors (Lipinski definition) is 2. The molecule has 0 amide bonds. The van der Waals surface area contributed by atoms with Crippen molar-refractivity contribution in [1.82, 2.24) is 20.0 Å². The van der Waals surface area contributed by atoms with Crippen molar-refractivity contribution in [2.75, 3.05) is 46.5 Å². The van der Waals surface area contributed by atoms with E-state index in [1.165, 1.54) is 7.11 Å². The Morgan fingerprint density at radius 1 is 1.31 bits per heavy atom. The van der Waals surface area contributed by atoms with Crippen molar-refractivity contribution >= 4 is 5.97 Å². The Hall–Kier alpha value is -2.26. The lowest BCUT2D eigenvalue weighted by molar-refractivity contribution is -0.119. The van der Waals surface area contributed by atoms with Gasteiger partial charge < -0.3 is 14.6 Å². The third kappa shape index (κ3) is 4.06. The maximum absolute atomic E-state index is 12.0. The second kappa shape index (κ2) is 8.62. The van der Waals surface area contributed by atoms with Crippen LogP contribution in [-0.4, -0.2) is 83.6 Å². The van der Waals surface area contributed by atoms with Crippen molar-refractivity contribution in [3.05, 3.63) is 53.3 Å². The van der Waals surface area contributed by atoms with Crippen molar-refractivity contribution in [2.24, 2.45) is 0 Å². The number of nitrogens with zero attached hydrogens (tertiary/aromatic N) is 3. The second-order valence-corrected chi connectivity index (χ2v) is 7.70. The molecule has 0 spiro atoms. The van der Waals surface area contributed by atoms with E-state index in [9.17, 15) is 9.90 Å². The number of esters is 1. The van der Waals surface area contributed by atoms with Crippen LogP contribution in [-0.2, 0) is 21.6 Å². The average Bonchev–Trinajstić information content (AvgIpc) is 3.24. The number of aliphatic hydroxyl groups is 1. The molecule has 0 saturated carbocycles. The normalized spacial score (nSPS) is 26.3. The van der Waals surface area contributed by atoms with Gasteiger partial charge in [-0.25, -0.2) is 4.79 Å². The number of aromatic nitrogens is 2. The minimum atomic E-state index is -0.920. The summed E-state index contributed by atoms with van der Waals surface area (Å²) in [5.74, 6) is -0.417. The van der Waals surface area contributed by atoms with Crippen LogP contribution in [0.4, 0.5) is 0 Å². The van der Waals surface area contributed by atoms with Crippen LogP contribution in [0, 0.1) is 0 Å². The monoisotopic (exact) mass is 400 g/mol. The van der Waals surface area contributed by atoms with Crippen LogP contribution in [0.2, 0.25) is 0 Å². The number of nitrogens with one attached hydrogen (secondary N) is 1. The topological polar surface area (TPSA) is 90.9 Å². The summed E-state index contributed by atoms with van der Waals surface area (Å²) in [6.45, 7) is 4.94. The minimum absolute atomic E-state index is 0.0592. The smallest absolute Gasteiger partial charge is 0.356 e. The van der Waals surface area contributed by atoms with E-state index < -0.39 is 11.6 Å². The third-order valence-corrected chi connectivity index (χ3v) is 6.05. The van der Waals surface area contributed by atoms with Gasteiger partial charge in [0.15, 0.2) is 0 Å². The number of rotatable bonds is 5. The van der Waals surface area contributed by atoms with E-state index in [4.69, 9.17) is 9.47 Å². The number of carbonyl (C=O) groups excluding carboxylic acids is 1. The molecule has 2 aliphatic rings. The SMILES string of the molecule is COC(=O)c1[nH]ncc1CN1CC[C@](O)(c2ccccc2)[C@H](N2CCOCC2)C1. The Kier molecular flexibility index (Phi) is 5.96. The molecule has 2 fully saturated rings. The molecule has 1 aromatic carbocycles. The number of aromatic amines is 1. The van der Waals surface area contributed by atoms with Crippen LogP contribution in [0.1, 0.15) is 28.0 Å². The molecule has 8 heteroatoms. The van der Waals surface area contributed by atoms with Gasteiger partial charge in [0.2, 0.25) is 0 Å². The van der Waals surface area contributed by atoms with Crippen molar-refractivity contribution in [2.45, 2.75) is 24.6 Å². The predicted molar refractivity (Wildman–Crippen MR) is 106 cm³/mol. The first kappa shape index (κ1) is 20.0. The van der Waals surface area contributed by atoms with Gasteiger partial charge in [-0.1, -0.05) is 30.3 Å². The standard InChI is InChI=1S/C21H28N4O4/c1-28-20(26)19-16(13-22-23-19)14-24-8-7-21(27,17-5-3-2-4-6-17)18(15-24)25-9-11-29-12-10-25/h2-6,13,18,27H,7-12,14-15H2,1H3,(H,22,23)/t18-,21+/m1/s1. The van der Waals surface area contributed by atoms with E-state index >= 15 is 0 Å². The quantitative estimate of drug-likeness (QED) is 0.724. The van der Waals surface area contributed by atoms with Gasteiger partial charge in [0.05, 0.1) is 32.6 Å².